The zero-order valence-corrected chi connectivity index (χ0v) is 13.8. The number of amides is 1. The number of aryl methyl sites for hydroxylation is 1. The molecule has 0 radical (unpaired) electrons. The van der Waals surface area contributed by atoms with Crippen molar-refractivity contribution in [3.63, 3.8) is 0 Å². The third-order valence-electron chi connectivity index (χ3n) is 2.76. The van der Waals surface area contributed by atoms with Crippen LogP contribution in [-0.2, 0) is 11.2 Å². The number of carbonyl (C=O) groups is 1. The number of nitrogens with one attached hydrogen (secondary N) is 1. The van der Waals surface area contributed by atoms with Crippen molar-refractivity contribution in [2.24, 2.45) is 0 Å². The average Bonchev–Trinajstić information content (AvgIpc) is 3.25. The molecule has 1 amide bonds. The van der Waals surface area contributed by atoms with E-state index >= 15 is 0 Å². The Kier molecular flexibility index (Phi) is 4.93. The van der Waals surface area contributed by atoms with Crippen LogP contribution in [0.15, 0.2) is 35.9 Å². The number of nitrogens with zero attached hydrogens (tertiary/aromatic N) is 6. The predicted molar refractivity (Wildman–Crippen MR) is 87.8 cm³/mol. The molecule has 1 N–H and O–H groups in total. The van der Waals surface area contributed by atoms with Crippen LogP contribution in [0.5, 0.6) is 0 Å². The van der Waals surface area contributed by atoms with Gasteiger partial charge in [-0.05, 0) is 18.6 Å². The minimum Gasteiger partial charge on any atom is -0.300 e. The van der Waals surface area contributed by atoms with Gasteiger partial charge in [0.15, 0.2) is 5.82 Å². The van der Waals surface area contributed by atoms with Crippen LogP contribution >= 0.6 is 23.1 Å². The number of imidazole rings is 1. The van der Waals surface area contributed by atoms with Crippen molar-refractivity contribution < 1.29 is 4.79 Å². The van der Waals surface area contributed by atoms with Crippen LogP contribution in [0.2, 0.25) is 0 Å². The van der Waals surface area contributed by atoms with Crippen LogP contribution in [0.1, 0.15) is 11.9 Å². The van der Waals surface area contributed by atoms with Gasteiger partial charge in [-0.3, -0.25) is 14.7 Å². The smallest absolute Gasteiger partial charge is 0.236 e. The van der Waals surface area contributed by atoms with Gasteiger partial charge in [-0.2, -0.15) is 0 Å². The van der Waals surface area contributed by atoms with Gasteiger partial charge in [0.05, 0.1) is 5.75 Å². The molecule has 8 nitrogen and oxygen atoms in total. The third-order valence-corrected chi connectivity index (χ3v) is 4.66. The molecule has 3 rings (SSSR count). The minimum absolute atomic E-state index is 0.144. The lowest BCUT2D eigenvalue weighted by Crippen LogP contribution is -2.14. The van der Waals surface area contributed by atoms with E-state index in [1.807, 2.05) is 19.1 Å². The number of hydrogen-bond donors (Lipinski definition) is 1. The highest BCUT2D eigenvalue weighted by Gasteiger charge is 2.09. The second-order valence-electron chi connectivity index (χ2n) is 4.39. The number of rotatable bonds is 6. The summed E-state index contributed by atoms with van der Waals surface area (Å²) in [6.45, 7) is 1.99. The highest BCUT2D eigenvalue weighted by Crippen LogP contribution is 2.18. The first-order valence-corrected chi connectivity index (χ1v) is 8.62. The molecule has 23 heavy (non-hydrogen) atoms. The van der Waals surface area contributed by atoms with E-state index < -0.39 is 0 Å². The highest BCUT2D eigenvalue weighted by molar-refractivity contribution is 7.99. The molecule has 0 atom stereocenters. The molecule has 0 aliphatic heterocycles. The maximum absolute atomic E-state index is 11.9. The van der Waals surface area contributed by atoms with Gasteiger partial charge in [-0.15, -0.1) is 20.4 Å². The third kappa shape index (κ3) is 4.11. The Morgan fingerprint density at radius 3 is 2.87 bits per heavy atom. The molecule has 3 heterocycles. The number of thioether (sulfide) groups is 1. The van der Waals surface area contributed by atoms with E-state index in [2.05, 4.69) is 30.7 Å². The van der Waals surface area contributed by atoms with Gasteiger partial charge in [0.25, 0.3) is 0 Å². The first-order chi connectivity index (χ1) is 11.2. The minimum atomic E-state index is -0.144. The normalized spacial score (nSPS) is 10.7. The molecule has 0 fully saturated rings. The molecule has 0 spiro atoms. The molecule has 3 aromatic heterocycles. The van der Waals surface area contributed by atoms with Gasteiger partial charge in [0.2, 0.25) is 11.0 Å². The van der Waals surface area contributed by atoms with Gasteiger partial charge in [0.1, 0.15) is 16.4 Å². The maximum Gasteiger partial charge on any atom is 0.236 e. The summed E-state index contributed by atoms with van der Waals surface area (Å²) >= 11 is 2.70. The van der Waals surface area contributed by atoms with Gasteiger partial charge >= 0.3 is 0 Å². The molecule has 0 aliphatic rings. The van der Waals surface area contributed by atoms with Crippen LogP contribution in [0.25, 0.3) is 5.82 Å². The van der Waals surface area contributed by atoms with Crippen molar-refractivity contribution in [1.29, 1.82) is 0 Å². The van der Waals surface area contributed by atoms with E-state index in [0.29, 0.717) is 16.0 Å². The van der Waals surface area contributed by atoms with Crippen LogP contribution in [0.3, 0.4) is 0 Å². The molecular weight excluding hydrogens is 334 g/mol. The van der Waals surface area contributed by atoms with Crippen molar-refractivity contribution >= 4 is 34.1 Å². The number of hydrogen-bond acceptors (Lipinski definition) is 8. The Labute approximate surface area is 140 Å². The largest absolute Gasteiger partial charge is 0.300 e. The van der Waals surface area contributed by atoms with Crippen LogP contribution < -0.4 is 5.32 Å². The standard InChI is InChI=1S/C13H13N7OS2/c1-2-11-17-19-13(23-11)15-10(21)7-22-12-4-3-9(16-18-12)20-6-5-14-8-20/h3-6,8H,2,7H2,1H3,(H,15,19,21). The Bertz CT molecular complexity index is 770. The van der Waals surface area contributed by atoms with Crippen molar-refractivity contribution in [2.45, 2.75) is 18.4 Å². The van der Waals surface area contributed by atoms with Crippen molar-refractivity contribution in [3.8, 4) is 5.82 Å². The van der Waals surface area contributed by atoms with Crippen molar-refractivity contribution in [1.82, 2.24) is 29.9 Å². The molecule has 0 unspecified atom stereocenters. The lowest BCUT2D eigenvalue weighted by Gasteiger charge is -2.02. The summed E-state index contributed by atoms with van der Waals surface area (Å²) in [4.78, 5) is 15.8. The molecule has 0 saturated heterocycles. The second-order valence-corrected chi connectivity index (χ2v) is 6.45. The molecule has 0 saturated carbocycles. The molecule has 0 bridgehead atoms. The first kappa shape index (κ1) is 15.6. The van der Waals surface area contributed by atoms with Gasteiger partial charge < -0.3 is 0 Å². The van der Waals surface area contributed by atoms with Crippen LogP contribution in [0, 0.1) is 0 Å². The molecule has 118 valence electrons. The fourth-order valence-electron chi connectivity index (χ4n) is 1.66. The average molecular weight is 347 g/mol. The van der Waals surface area contributed by atoms with Crippen LogP contribution in [0.4, 0.5) is 5.13 Å². The Hall–Kier alpha value is -2.33. The summed E-state index contributed by atoms with van der Waals surface area (Å²) in [5.41, 5.74) is 0. The summed E-state index contributed by atoms with van der Waals surface area (Å²) in [6.07, 6.45) is 5.92. The van der Waals surface area contributed by atoms with E-state index in [1.165, 1.54) is 23.1 Å². The lowest BCUT2D eigenvalue weighted by molar-refractivity contribution is -0.113. The molecule has 3 aromatic rings. The lowest BCUT2D eigenvalue weighted by atomic mass is 10.5. The van der Waals surface area contributed by atoms with E-state index in [9.17, 15) is 4.79 Å². The van der Waals surface area contributed by atoms with Crippen molar-refractivity contribution in [3.05, 3.63) is 35.9 Å². The fraction of sp³-hybridized carbons (Fsp3) is 0.231. The molecule has 0 aromatic carbocycles. The van der Waals surface area contributed by atoms with E-state index in [1.54, 1.807) is 23.3 Å². The van der Waals surface area contributed by atoms with E-state index in [0.717, 1.165) is 11.4 Å². The number of aromatic nitrogens is 6. The summed E-state index contributed by atoms with van der Waals surface area (Å²) < 4.78 is 1.76. The summed E-state index contributed by atoms with van der Waals surface area (Å²) in [7, 11) is 0. The second kappa shape index (κ2) is 7.29. The highest BCUT2D eigenvalue weighted by atomic mass is 32.2. The SMILES string of the molecule is CCc1nnc(NC(=O)CSc2ccc(-n3ccnc3)nn2)s1. The molecule has 10 heteroatoms. The maximum atomic E-state index is 11.9. The quantitative estimate of drug-likeness (QED) is 0.679. The monoisotopic (exact) mass is 347 g/mol. The molecular formula is C13H13N7OS2. The summed E-state index contributed by atoms with van der Waals surface area (Å²) in [5, 5.41) is 20.9. The van der Waals surface area contributed by atoms with Gasteiger partial charge in [-0.25, -0.2) is 4.98 Å². The molecule has 0 aliphatic carbocycles. The van der Waals surface area contributed by atoms with Gasteiger partial charge in [0, 0.05) is 12.4 Å². The van der Waals surface area contributed by atoms with E-state index in [-0.39, 0.29) is 11.7 Å². The van der Waals surface area contributed by atoms with Crippen molar-refractivity contribution in [2.75, 3.05) is 11.1 Å². The number of carbonyl (C=O) groups excluding carboxylic acids is 1. The Morgan fingerprint density at radius 2 is 2.22 bits per heavy atom. The fourth-order valence-corrected chi connectivity index (χ4v) is 2.97. The Morgan fingerprint density at radius 1 is 1.30 bits per heavy atom. The van der Waals surface area contributed by atoms with Gasteiger partial charge in [-0.1, -0.05) is 30.0 Å². The van der Waals surface area contributed by atoms with Crippen LogP contribution in [-0.4, -0.2) is 41.6 Å². The zero-order chi connectivity index (χ0) is 16.1. The summed E-state index contributed by atoms with van der Waals surface area (Å²) in [5.74, 6) is 0.770. The zero-order valence-electron chi connectivity index (χ0n) is 12.2. The topological polar surface area (TPSA) is 98.5 Å². The predicted octanol–water partition coefficient (Wildman–Crippen LogP) is 1.81. The number of anilines is 1. The van der Waals surface area contributed by atoms with E-state index in [4.69, 9.17) is 0 Å². The summed E-state index contributed by atoms with van der Waals surface area (Å²) in [6, 6.07) is 3.65. The first-order valence-electron chi connectivity index (χ1n) is 6.81. The Balaban J connectivity index is 1.52.